The Hall–Kier alpha value is -2.20. The van der Waals surface area contributed by atoms with Crippen molar-refractivity contribution in [1.29, 1.82) is 0 Å². The zero-order valence-corrected chi connectivity index (χ0v) is 17.6. The van der Waals surface area contributed by atoms with E-state index < -0.39 is 54.5 Å². The number of carboxylic acid groups (broad SMARTS) is 1. The van der Waals surface area contributed by atoms with E-state index in [0.29, 0.717) is 25.8 Å². The van der Waals surface area contributed by atoms with Crippen LogP contribution in [0.4, 0.5) is 0 Å². The Balaban J connectivity index is 2.98. The van der Waals surface area contributed by atoms with Gasteiger partial charge in [0.05, 0.1) is 6.61 Å². The van der Waals surface area contributed by atoms with Gasteiger partial charge in [0, 0.05) is 6.54 Å². The van der Waals surface area contributed by atoms with E-state index in [0.717, 1.165) is 0 Å². The second-order valence-electron chi connectivity index (χ2n) is 7.92. The minimum atomic E-state index is -1.14. The molecule has 166 valence electrons. The standard InChI is InChI=1S/C19H34N4O6/c1-5-11(4)15(22-16(25)12(20)9-24)18(27)23-8-6-7-13(23)17(26)21-14(10(2)3)19(28)29/h10-15,24H,5-9,20H2,1-4H3,(H,21,26)(H,22,25)(H,28,29). The highest BCUT2D eigenvalue weighted by molar-refractivity contribution is 5.94. The van der Waals surface area contributed by atoms with Gasteiger partial charge in [0.15, 0.2) is 0 Å². The second-order valence-corrected chi connectivity index (χ2v) is 7.92. The number of aliphatic hydroxyl groups is 1. The molecule has 5 atom stereocenters. The summed E-state index contributed by atoms with van der Waals surface area (Å²) < 4.78 is 0. The molecule has 0 radical (unpaired) electrons. The number of rotatable bonds is 10. The molecule has 1 fully saturated rings. The zero-order valence-electron chi connectivity index (χ0n) is 17.6. The number of carbonyl (C=O) groups excluding carboxylic acids is 3. The molecule has 0 saturated carbocycles. The van der Waals surface area contributed by atoms with E-state index in [9.17, 15) is 24.3 Å². The Morgan fingerprint density at radius 3 is 2.24 bits per heavy atom. The van der Waals surface area contributed by atoms with Gasteiger partial charge in [-0.25, -0.2) is 4.79 Å². The first-order chi connectivity index (χ1) is 13.5. The lowest BCUT2D eigenvalue weighted by atomic mass is 9.97. The van der Waals surface area contributed by atoms with Crippen LogP contribution in [0.25, 0.3) is 0 Å². The van der Waals surface area contributed by atoms with Crippen LogP contribution in [0.3, 0.4) is 0 Å². The molecular weight excluding hydrogens is 380 g/mol. The summed E-state index contributed by atoms with van der Waals surface area (Å²) in [6.07, 6.45) is 1.62. The molecule has 6 N–H and O–H groups in total. The molecule has 1 aliphatic heterocycles. The molecule has 0 aliphatic carbocycles. The van der Waals surface area contributed by atoms with Gasteiger partial charge < -0.3 is 31.5 Å². The van der Waals surface area contributed by atoms with Gasteiger partial charge in [0.25, 0.3) is 0 Å². The van der Waals surface area contributed by atoms with Gasteiger partial charge in [-0.2, -0.15) is 0 Å². The summed E-state index contributed by atoms with van der Waals surface area (Å²) in [4.78, 5) is 50.8. The molecule has 1 saturated heterocycles. The van der Waals surface area contributed by atoms with Crippen molar-refractivity contribution >= 4 is 23.7 Å². The number of nitrogens with two attached hydrogens (primary N) is 1. The molecular formula is C19H34N4O6. The highest BCUT2D eigenvalue weighted by Gasteiger charge is 2.40. The first-order valence-corrected chi connectivity index (χ1v) is 10.1. The normalized spacial score (nSPS) is 20.7. The van der Waals surface area contributed by atoms with E-state index in [1.807, 2.05) is 6.92 Å². The average molecular weight is 415 g/mol. The third kappa shape index (κ3) is 6.40. The van der Waals surface area contributed by atoms with Crippen molar-refractivity contribution in [2.24, 2.45) is 17.6 Å². The van der Waals surface area contributed by atoms with Crippen LogP contribution in [0.1, 0.15) is 47.0 Å². The average Bonchev–Trinajstić information content (AvgIpc) is 3.17. The molecule has 0 aromatic carbocycles. The van der Waals surface area contributed by atoms with Crippen LogP contribution in [-0.2, 0) is 19.2 Å². The maximum atomic E-state index is 13.2. The number of carbonyl (C=O) groups is 4. The van der Waals surface area contributed by atoms with Gasteiger partial charge in [0.1, 0.15) is 24.2 Å². The highest BCUT2D eigenvalue weighted by atomic mass is 16.4. The summed E-state index contributed by atoms with van der Waals surface area (Å²) in [5, 5.41) is 23.5. The molecule has 10 nitrogen and oxygen atoms in total. The monoisotopic (exact) mass is 414 g/mol. The molecule has 0 aromatic heterocycles. The maximum Gasteiger partial charge on any atom is 0.326 e. The zero-order chi connectivity index (χ0) is 22.3. The van der Waals surface area contributed by atoms with Crippen molar-refractivity contribution in [1.82, 2.24) is 15.5 Å². The van der Waals surface area contributed by atoms with Crippen LogP contribution in [-0.4, -0.2) is 76.1 Å². The second kappa shape index (κ2) is 11.1. The van der Waals surface area contributed by atoms with Crippen LogP contribution in [0.2, 0.25) is 0 Å². The summed E-state index contributed by atoms with van der Waals surface area (Å²) in [6.45, 7) is 6.85. The van der Waals surface area contributed by atoms with Gasteiger partial charge in [-0.3, -0.25) is 14.4 Å². The maximum absolute atomic E-state index is 13.2. The van der Waals surface area contributed by atoms with Crippen molar-refractivity contribution in [3.05, 3.63) is 0 Å². The minimum Gasteiger partial charge on any atom is -0.480 e. The van der Waals surface area contributed by atoms with Gasteiger partial charge in [0.2, 0.25) is 17.7 Å². The Morgan fingerprint density at radius 1 is 1.14 bits per heavy atom. The van der Waals surface area contributed by atoms with Gasteiger partial charge in [-0.05, 0) is 24.7 Å². The van der Waals surface area contributed by atoms with E-state index in [1.54, 1.807) is 20.8 Å². The van der Waals surface area contributed by atoms with Gasteiger partial charge in [-0.15, -0.1) is 0 Å². The number of likely N-dealkylation sites (tertiary alicyclic amines) is 1. The quantitative estimate of drug-likeness (QED) is 0.308. The number of aliphatic hydroxyl groups excluding tert-OH is 1. The van der Waals surface area contributed by atoms with E-state index >= 15 is 0 Å². The number of nitrogens with one attached hydrogen (secondary N) is 2. The predicted molar refractivity (Wildman–Crippen MR) is 106 cm³/mol. The molecule has 3 amide bonds. The highest BCUT2D eigenvalue weighted by Crippen LogP contribution is 2.22. The van der Waals surface area contributed by atoms with Crippen molar-refractivity contribution < 1.29 is 29.4 Å². The number of hydrogen-bond donors (Lipinski definition) is 5. The van der Waals surface area contributed by atoms with Gasteiger partial charge >= 0.3 is 5.97 Å². The molecule has 10 heteroatoms. The van der Waals surface area contributed by atoms with Crippen LogP contribution >= 0.6 is 0 Å². The SMILES string of the molecule is CCC(C)C(NC(=O)C(N)CO)C(=O)N1CCCC1C(=O)NC(C(=O)O)C(C)C. The molecule has 0 bridgehead atoms. The lowest BCUT2D eigenvalue weighted by Crippen LogP contribution is -2.59. The molecule has 29 heavy (non-hydrogen) atoms. The van der Waals surface area contributed by atoms with Crippen LogP contribution in [0.15, 0.2) is 0 Å². The first kappa shape index (κ1) is 24.8. The Bertz CT molecular complexity index is 612. The van der Waals surface area contributed by atoms with Gasteiger partial charge in [-0.1, -0.05) is 34.1 Å². The first-order valence-electron chi connectivity index (χ1n) is 10.1. The lowest BCUT2D eigenvalue weighted by molar-refractivity contribution is -0.146. The molecule has 0 spiro atoms. The fraction of sp³-hybridized carbons (Fsp3) is 0.789. The number of aliphatic carboxylic acids is 1. The van der Waals surface area contributed by atoms with Crippen LogP contribution < -0.4 is 16.4 Å². The molecule has 1 heterocycles. The summed E-state index contributed by atoms with van der Waals surface area (Å²) in [5.41, 5.74) is 5.54. The van der Waals surface area contributed by atoms with E-state index in [1.165, 1.54) is 4.90 Å². The Labute approximate surface area is 171 Å². The fourth-order valence-electron chi connectivity index (χ4n) is 3.27. The summed E-state index contributed by atoms with van der Waals surface area (Å²) in [6, 6.07) is -3.88. The molecule has 5 unspecified atom stereocenters. The van der Waals surface area contributed by atoms with E-state index in [-0.39, 0.29) is 11.8 Å². The lowest BCUT2D eigenvalue weighted by Gasteiger charge is -2.32. The molecule has 0 aromatic rings. The smallest absolute Gasteiger partial charge is 0.326 e. The number of carboxylic acids is 1. The van der Waals surface area contributed by atoms with Crippen LogP contribution in [0.5, 0.6) is 0 Å². The molecule has 1 rings (SSSR count). The number of amides is 3. The van der Waals surface area contributed by atoms with Crippen molar-refractivity contribution in [3.8, 4) is 0 Å². The van der Waals surface area contributed by atoms with E-state index in [2.05, 4.69) is 10.6 Å². The summed E-state index contributed by atoms with van der Waals surface area (Å²) in [5.74, 6) is -3.23. The fourth-order valence-corrected chi connectivity index (χ4v) is 3.27. The topological polar surface area (TPSA) is 162 Å². The predicted octanol–water partition coefficient (Wildman–Crippen LogP) is -0.947. The summed E-state index contributed by atoms with van der Waals surface area (Å²) in [7, 11) is 0. The largest absolute Gasteiger partial charge is 0.480 e. The third-order valence-corrected chi connectivity index (χ3v) is 5.38. The Kier molecular flexibility index (Phi) is 9.51. The third-order valence-electron chi connectivity index (χ3n) is 5.38. The molecule has 1 aliphatic rings. The number of nitrogens with zero attached hydrogens (tertiary/aromatic N) is 1. The van der Waals surface area contributed by atoms with Crippen molar-refractivity contribution in [3.63, 3.8) is 0 Å². The summed E-state index contributed by atoms with van der Waals surface area (Å²) >= 11 is 0. The Morgan fingerprint density at radius 2 is 1.76 bits per heavy atom. The minimum absolute atomic E-state index is 0.218. The number of hydrogen-bond acceptors (Lipinski definition) is 6. The van der Waals surface area contributed by atoms with E-state index in [4.69, 9.17) is 10.8 Å². The van der Waals surface area contributed by atoms with Crippen LogP contribution in [0, 0.1) is 11.8 Å². The van der Waals surface area contributed by atoms with Crippen molar-refractivity contribution in [2.75, 3.05) is 13.2 Å². The van der Waals surface area contributed by atoms with Crippen molar-refractivity contribution in [2.45, 2.75) is 71.1 Å².